The van der Waals surface area contributed by atoms with Crippen LogP contribution in [0.1, 0.15) is 76.1 Å². The van der Waals surface area contributed by atoms with Crippen molar-refractivity contribution in [1.29, 1.82) is 5.26 Å². The van der Waals surface area contributed by atoms with Crippen molar-refractivity contribution in [3.05, 3.63) is 64.7 Å². The van der Waals surface area contributed by atoms with Crippen LogP contribution in [-0.4, -0.2) is 43.3 Å². The molecule has 1 atom stereocenters. The lowest BCUT2D eigenvalue weighted by atomic mass is 9.88. The molecule has 2 aromatic carbocycles. The van der Waals surface area contributed by atoms with Crippen LogP contribution in [-0.2, 0) is 38.3 Å². The van der Waals surface area contributed by atoms with Gasteiger partial charge in [0.1, 0.15) is 24.5 Å². The molecule has 8 heteroatoms. The first-order valence-corrected chi connectivity index (χ1v) is 14.4. The molecule has 0 spiro atoms. The molecular weight excluding hydrogens is 540 g/mol. The molecule has 1 aliphatic rings. The van der Waals surface area contributed by atoms with Crippen LogP contribution in [0.15, 0.2) is 42.5 Å². The molecule has 0 amide bonds. The molecule has 1 N–H and O–H groups in total. The Bertz CT molecular complexity index is 1170. The van der Waals surface area contributed by atoms with Crippen LogP contribution >= 0.6 is 12.4 Å². The number of esters is 2. The molecule has 0 unspecified atom stereocenters. The predicted octanol–water partition coefficient (Wildman–Crippen LogP) is 5.99. The van der Waals surface area contributed by atoms with Gasteiger partial charge in [0, 0.05) is 24.9 Å². The van der Waals surface area contributed by atoms with E-state index in [4.69, 9.17) is 14.2 Å². The maximum absolute atomic E-state index is 12.6. The van der Waals surface area contributed by atoms with Gasteiger partial charge in [-0.25, -0.2) is 0 Å². The van der Waals surface area contributed by atoms with Gasteiger partial charge in [0.15, 0.2) is 0 Å². The quantitative estimate of drug-likeness (QED) is 0.257. The van der Waals surface area contributed by atoms with Gasteiger partial charge in [-0.05, 0) is 87.1 Å². The summed E-state index contributed by atoms with van der Waals surface area (Å²) in [7, 11) is 0. The first kappa shape index (κ1) is 34.1. The minimum Gasteiger partial charge on any atom is -0.488 e. The number of rotatable bonds is 15. The summed E-state index contributed by atoms with van der Waals surface area (Å²) in [5.41, 5.74) is 3.97. The van der Waals surface area contributed by atoms with Crippen molar-refractivity contribution in [3.63, 3.8) is 0 Å². The number of ether oxygens (including phenoxy) is 3. The van der Waals surface area contributed by atoms with E-state index in [0.29, 0.717) is 43.2 Å². The lowest BCUT2D eigenvalue weighted by molar-refractivity contribution is -0.151. The number of hydrogen-bond acceptors (Lipinski definition) is 7. The molecule has 0 saturated carbocycles. The maximum Gasteiger partial charge on any atom is 0.306 e. The van der Waals surface area contributed by atoms with E-state index in [-0.39, 0.29) is 48.8 Å². The number of nitrogens with zero attached hydrogens (tertiary/aromatic N) is 1. The number of carbonyl (C=O) groups is 2. The molecule has 0 bridgehead atoms. The third-order valence-electron chi connectivity index (χ3n) is 7.13. The fraction of sp³-hybridized carbons (Fsp3) is 0.545. The molecule has 0 heterocycles. The van der Waals surface area contributed by atoms with Crippen LogP contribution in [0.2, 0.25) is 0 Å². The second-order valence-corrected chi connectivity index (χ2v) is 11.8. The molecule has 224 valence electrons. The smallest absolute Gasteiger partial charge is 0.306 e. The Hall–Kier alpha value is -3.08. The summed E-state index contributed by atoms with van der Waals surface area (Å²) in [6.07, 6.45) is 3.69. The minimum absolute atomic E-state index is 0. The summed E-state index contributed by atoms with van der Waals surface area (Å²) in [5.74, 6) is 0.633. The Morgan fingerprint density at radius 1 is 1.10 bits per heavy atom. The molecule has 0 aliphatic heterocycles. The highest BCUT2D eigenvalue weighted by Gasteiger charge is 2.29. The van der Waals surface area contributed by atoms with Crippen molar-refractivity contribution < 1.29 is 23.8 Å². The number of nitrogens with one attached hydrogen (secondary N) is 1. The maximum atomic E-state index is 12.6. The van der Waals surface area contributed by atoms with Gasteiger partial charge in [-0.15, -0.1) is 12.4 Å². The molecule has 0 aromatic heterocycles. The zero-order valence-corrected chi connectivity index (χ0v) is 25.9. The topological polar surface area (TPSA) is 97.7 Å². The van der Waals surface area contributed by atoms with Gasteiger partial charge in [0.25, 0.3) is 0 Å². The number of carbonyl (C=O) groups excluding carboxylic acids is 2. The fourth-order valence-electron chi connectivity index (χ4n) is 5.28. The summed E-state index contributed by atoms with van der Waals surface area (Å²) >= 11 is 0. The summed E-state index contributed by atoms with van der Waals surface area (Å²) in [6.45, 7) is 11.0. The molecule has 2 aromatic rings. The summed E-state index contributed by atoms with van der Waals surface area (Å²) in [4.78, 5) is 24.4. The minimum atomic E-state index is -0.527. The van der Waals surface area contributed by atoms with Gasteiger partial charge in [0.2, 0.25) is 0 Å². The highest BCUT2D eigenvalue weighted by Crippen LogP contribution is 2.32. The van der Waals surface area contributed by atoms with Gasteiger partial charge < -0.3 is 19.5 Å². The summed E-state index contributed by atoms with van der Waals surface area (Å²) in [6, 6.07) is 16.1. The van der Waals surface area contributed by atoms with Gasteiger partial charge in [-0.1, -0.05) is 44.2 Å². The van der Waals surface area contributed by atoms with E-state index in [1.807, 2.05) is 19.9 Å². The fourth-order valence-corrected chi connectivity index (χ4v) is 5.28. The van der Waals surface area contributed by atoms with Crippen molar-refractivity contribution in [2.75, 3.05) is 19.8 Å². The number of nitriles is 1. The second-order valence-electron chi connectivity index (χ2n) is 11.8. The normalized spacial score (nSPS) is 13.6. The average molecular weight is 585 g/mol. The number of fused-ring (bicyclic) bond motifs is 1. The van der Waals surface area contributed by atoms with Crippen LogP contribution in [0.3, 0.4) is 0 Å². The summed E-state index contributed by atoms with van der Waals surface area (Å²) < 4.78 is 16.9. The Kier molecular flexibility index (Phi) is 13.6. The van der Waals surface area contributed by atoms with Crippen LogP contribution < -0.4 is 10.1 Å². The lowest BCUT2D eigenvalue weighted by Gasteiger charge is -2.31. The van der Waals surface area contributed by atoms with Gasteiger partial charge in [0.05, 0.1) is 12.2 Å². The number of benzene rings is 2. The molecule has 41 heavy (non-hydrogen) atoms. The molecule has 1 aliphatic carbocycles. The molecule has 7 nitrogen and oxygen atoms in total. The molecule has 0 saturated heterocycles. The van der Waals surface area contributed by atoms with E-state index in [2.05, 4.69) is 49.5 Å². The van der Waals surface area contributed by atoms with E-state index in [1.54, 1.807) is 19.1 Å². The molecule has 0 radical (unpaired) electrons. The van der Waals surface area contributed by atoms with E-state index in [1.165, 1.54) is 11.1 Å². The Balaban J connectivity index is 0.00000588. The third-order valence-corrected chi connectivity index (χ3v) is 7.13. The SMILES string of the molecule is CCOC(=O)CCc1ccc(C#N)c(OC[C@@H](CNC(C)(C)CC2Cc3ccccc3C2)OC(=O)CC(C)C)c1.Cl. The summed E-state index contributed by atoms with van der Waals surface area (Å²) in [5, 5.41) is 13.2. The van der Waals surface area contributed by atoms with Crippen LogP contribution in [0.5, 0.6) is 5.75 Å². The van der Waals surface area contributed by atoms with Gasteiger partial charge >= 0.3 is 11.9 Å². The first-order valence-electron chi connectivity index (χ1n) is 14.4. The zero-order chi connectivity index (χ0) is 29.1. The van der Waals surface area contributed by atoms with E-state index < -0.39 is 6.10 Å². The standard InChI is InChI=1S/C33H44N2O5.ClH/c1-6-38-31(36)14-12-24-11-13-28(20-34)30(18-24)39-22-29(40-32(37)15-23(2)3)21-35-33(4,5)19-25-16-26-9-7-8-10-27(26)17-25;/h7-11,13,18,23,25,29,35H,6,12,14-17,19,21-22H2,1-5H3;1H/t29-;/m1./s1. The van der Waals surface area contributed by atoms with Crippen molar-refractivity contribution >= 4 is 24.3 Å². The molecular formula is C33H45ClN2O5. The lowest BCUT2D eigenvalue weighted by Crippen LogP contribution is -2.47. The van der Waals surface area contributed by atoms with Crippen LogP contribution in [0.25, 0.3) is 0 Å². The molecule has 0 fully saturated rings. The van der Waals surface area contributed by atoms with Crippen LogP contribution in [0.4, 0.5) is 0 Å². The van der Waals surface area contributed by atoms with Gasteiger partial charge in [-0.2, -0.15) is 5.26 Å². The van der Waals surface area contributed by atoms with Crippen molar-refractivity contribution in [2.45, 2.75) is 84.8 Å². The van der Waals surface area contributed by atoms with E-state index in [0.717, 1.165) is 24.8 Å². The highest BCUT2D eigenvalue weighted by atomic mass is 35.5. The predicted molar refractivity (Wildman–Crippen MR) is 162 cm³/mol. The van der Waals surface area contributed by atoms with E-state index in [9.17, 15) is 14.9 Å². The first-order chi connectivity index (χ1) is 19.1. The zero-order valence-electron chi connectivity index (χ0n) is 25.0. The average Bonchev–Trinajstić information content (AvgIpc) is 3.30. The second kappa shape index (κ2) is 16.4. The monoisotopic (exact) mass is 584 g/mol. The van der Waals surface area contributed by atoms with Crippen molar-refractivity contribution in [2.24, 2.45) is 11.8 Å². The Morgan fingerprint density at radius 3 is 2.39 bits per heavy atom. The van der Waals surface area contributed by atoms with Crippen LogP contribution in [0, 0.1) is 23.2 Å². The molecule has 3 rings (SSSR count). The number of halogens is 1. The van der Waals surface area contributed by atoms with E-state index >= 15 is 0 Å². The highest BCUT2D eigenvalue weighted by molar-refractivity contribution is 5.85. The van der Waals surface area contributed by atoms with Crippen molar-refractivity contribution in [1.82, 2.24) is 5.32 Å². The number of aryl methyl sites for hydroxylation is 1. The van der Waals surface area contributed by atoms with Gasteiger partial charge in [-0.3, -0.25) is 9.59 Å². The van der Waals surface area contributed by atoms with Crippen molar-refractivity contribution in [3.8, 4) is 11.8 Å². The number of hydrogen-bond donors (Lipinski definition) is 1. The Labute approximate surface area is 251 Å². The Morgan fingerprint density at radius 2 is 1.78 bits per heavy atom. The largest absolute Gasteiger partial charge is 0.488 e. The third kappa shape index (κ3) is 11.4.